The van der Waals surface area contributed by atoms with E-state index in [4.69, 9.17) is 39.7 Å². The third-order valence-electron chi connectivity index (χ3n) is 10.1. The van der Waals surface area contributed by atoms with Crippen LogP contribution in [0.5, 0.6) is 11.5 Å². The summed E-state index contributed by atoms with van der Waals surface area (Å²) in [4.78, 5) is 70.5. The van der Waals surface area contributed by atoms with E-state index < -0.39 is 29.0 Å². The summed E-state index contributed by atoms with van der Waals surface area (Å²) in [5.74, 6) is -0.754. The van der Waals surface area contributed by atoms with E-state index in [-0.39, 0.29) is 60.8 Å². The molecule has 0 atom stereocenters. The van der Waals surface area contributed by atoms with Crippen LogP contribution in [-0.2, 0) is 25.9 Å². The predicted molar refractivity (Wildman–Crippen MR) is 209 cm³/mol. The summed E-state index contributed by atoms with van der Waals surface area (Å²) in [5.41, 5.74) is 13.9. The Labute approximate surface area is 330 Å². The first-order valence-electron chi connectivity index (χ1n) is 18.7. The van der Waals surface area contributed by atoms with E-state index in [1.165, 1.54) is 0 Å². The van der Waals surface area contributed by atoms with Gasteiger partial charge in [0.2, 0.25) is 35.2 Å². The first-order valence-corrected chi connectivity index (χ1v) is 18.7. The fourth-order valence-electron chi connectivity index (χ4n) is 7.15. The summed E-state index contributed by atoms with van der Waals surface area (Å²) < 4.78 is 27.9. The van der Waals surface area contributed by atoms with Crippen LogP contribution >= 0.6 is 0 Å². The van der Waals surface area contributed by atoms with E-state index in [9.17, 15) is 19.2 Å². The maximum Gasteiger partial charge on any atom is 0.295 e. The van der Waals surface area contributed by atoms with Crippen LogP contribution < -0.4 is 36.9 Å². The number of benzene rings is 2. The highest BCUT2D eigenvalue weighted by Gasteiger charge is 2.40. The number of oxazole rings is 2. The van der Waals surface area contributed by atoms with Crippen molar-refractivity contribution in [2.24, 2.45) is 16.9 Å². The minimum atomic E-state index is -0.688. The number of nitrogens with zero attached hydrogens (tertiary/aromatic N) is 6. The molecule has 0 unspecified atom stereocenters. The average molecular weight is 792 g/mol. The Bertz CT molecular complexity index is 2500. The molecule has 2 aromatic carbocycles. The van der Waals surface area contributed by atoms with Gasteiger partial charge in [-0.2, -0.15) is 0 Å². The number of hydrogen-bond acceptors (Lipinski definition) is 13. The van der Waals surface area contributed by atoms with Crippen molar-refractivity contribution in [3.63, 3.8) is 0 Å². The number of allylic oxidation sites excluding steroid dienone is 2. The molecule has 8 rings (SSSR count). The topological polar surface area (TPSA) is 263 Å². The molecule has 2 aliphatic heterocycles. The van der Waals surface area contributed by atoms with Gasteiger partial charge in [0, 0.05) is 51.2 Å². The number of nitrogens with one attached hydrogen (secondary N) is 3. The Morgan fingerprint density at radius 2 is 1.14 bits per heavy atom. The molecule has 4 amide bonds. The molecule has 0 radical (unpaired) electrons. The maximum absolute atomic E-state index is 13.7. The van der Waals surface area contributed by atoms with Crippen molar-refractivity contribution in [3.8, 4) is 11.5 Å². The predicted octanol–water partition coefficient (Wildman–Crippen LogP) is 3.42. The van der Waals surface area contributed by atoms with Crippen LogP contribution in [0.15, 0.2) is 45.3 Å². The highest BCUT2D eigenvalue weighted by molar-refractivity contribution is 6.05. The van der Waals surface area contributed by atoms with E-state index in [0.717, 1.165) is 0 Å². The molecule has 0 aliphatic carbocycles. The number of hydrogen-bond donors (Lipinski definition) is 5. The van der Waals surface area contributed by atoms with Crippen LogP contribution in [0.2, 0.25) is 0 Å². The van der Waals surface area contributed by atoms with Gasteiger partial charge in [0.15, 0.2) is 11.8 Å². The molecule has 1 spiro atoms. The quantitative estimate of drug-likeness (QED) is 0.139. The average Bonchev–Trinajstić information content (AvgIpc) is 3.94. The van der Waals surface area contributed by atoms with E-state index in [2.05, 4.69) is 25.9 Å². The maximum atomic E-state index is 13.7. The van der Waals surface area contributed by atoms with Gasteiger partial charge in [0.25, 0.3) is 11.8 Å². The zero-order valence-electron chi connectivity index (χ0n) is 32.2. The minimum absolute atomic E-state index is 0.0599. The molecular formula is C39H41N11O8. The lowest BCUT2D eigenvalue weighted by molar-refractivity contribution is 0.0321. The zero-order valence-corrected chi connectivity index (χ0v) is 32.2. The molecule has 7 N–H and O–H groups in total. The van der Waals surface area contributed by atoms with Crippen LogP contribution in [-0.4, -0.2) is 79.0 Å². The van der Waals surface area contributed by atoms with Crippen molar-refractivity contribution >= 4 is 57.6 Å². The second kappa shape index (κ2) is 14.8. The molecule has 1 fully saturated rings. The highest BCUT2D eigenvalue weighted by Crippen LogP contribution is 2.36. The van der Waals surface area contributed by atoms with E-state index in [0.29, 0.717) is 82.7 Å². The normalized spacial score (nSPS) is 15.5. The fourth-order valence-corrected chi connectivity index (χ4v) is 7.15. The van der Waals surface area contributed by atoms with Crippen molar-refractivity contribution in [2.45, 2.75) is 53.6 Å². The minimum Gasteiger partial charge on any atom is -0.490 e. The summed E-state index contributed by atoms with van der Waals surface area (Å²) in [6, 6.07) is 6.19. The van der Waals surface area contributed by atoms with Crippen LogP contribution in [0.25, 0.3) is 22.1 Å². The Hall–Kier alpha value is -7.02. The van der Waals surface area contributed by atoms with Crippen molar-refractivity contribution < 1.29 is 37.5 Å². The lowest BCUT2D eigenvalue weighted by Gasteiger charge is -2.41. The number of carbonyl (C=O) groups is 4. The van der Waals surface area contributed by atoms with Crippen molar-refractivity contribution in [1.29, 1.82) is 0 Å². The lowest BCUT2D eigenvalue weighted by atomic mass is 9.83. The van der Waals surface area contributed by atoms with Gasteiger partial charge in [-0.25, -0.2) is 19.9 Å². The molecule has 4 aromatic heterocycles. The molecule has 19 nitrogen and oxygen atoms in total. The number of imidazole rings is 2. The molecule has 0 saturated carbocycles. The number of ether oxygens (including phenoxy) is 2. The summed E-state index contributed by atoms with van der Waals surface area (Å²) >= 11 is 0. The van der Waals surface area contributed by atoms with Gasteiger partial charge in [-0.1, -0.05) is 26.0 Å². The SMILES string of the molecule is CCc1nc(C)oc1C(=O)Nc1nc2cc(C(N)=O)cc3c2n1C/C=C/Cn1c(NC(=O)c2oc(C)nc2CC)nc2cc(C(N)=O)cc(c21)OCC1(CNC1)CO3. The second-order valence-corrected chi connectivity index (χ2v) is 14.3. The Morgan fingerprint density at radius 1 is 0.707 bits per heavy atom. The van der Waals surface area contributed by atoms with Gasteiger partial charge < -0.3 is 44.2 Å². The van der Waals surface area contributed by atoms with Crippen LogP contribution in [0.1, 0.15) is 78.8 Å². The molecule has 6 heterocycles. The molecule has 19 heteroatoms. The summed E-state index contributed by atoms with van der Waals surface area (Å²) in [6.45, 7) is 8.66. The van der Waals surface area contributed by atoms with Crippen molar-refractivity contribution in [1.82, 2.24) is 34.4 Å². The Morgan fingerprint density at radius 3 is 1.50 bits per heavy atom. The monoisotopic (exact) mass is 791 g/mol. The fraction of sp³-hybridized carbons (Fsp3) is 0.333. The summed E-state index contributed by atoms with van der Waals surface area (Å²) in [6.07, 6.45) is 4.60. The standard InChI is InChI=1S/C39H41N11O8/c1-5-23-31(57-19(3)43-23)35(53)47-37-45-25-11-21(33(40)51)13-27-29(25)49(37)9-7-8-10-50-30-26(46-38(50)48-36(54)32-24(6-2)44-20(4)58-32)12-22(34(41)52)14-28(30)56-18-39(17-55-27)15-42-16-39/h7-8,11-14,42H,5-6,9-10,15-18H2,1-4H3,(H2,40,51)(H2,41,52)(H,45,47,53)(H,46,48,54)/b8-7+. The molecule has 2 aliphatic rings. The number of carbonyl (C=O) groups excluding carboxylic acids is 4. The van der Waals surface area contributed by atoms with Gasteiger partial charge in [-0.3, -0.25) is 29.8 Å². The van der Waals surface area contributed by atoms with Crippen LogP contribution in [0, 0.1) is 19.3 Å². The molecule has 300 valence electrons. The van der Waals surface area contributed by atoms with Crippen LogP contribution in [0.3, 0.4) is 0 Å². The van der Waals surface area contributed by atoms with Gasteiger partial charge in [0.05, 0.1) is 41.1 Å². The number of amides is 4. The number of primary amides is 2. The van der Waals surface area contributed by atoms with Gasteiger partial charge in [0.1, 0.15) is 22.5 Å². The number of aromatic nitrogens is 6. The number of rotatable bonds is 8. The van der Waals surface area contributed by atoms with Crippen molar-refractivity contribution in [2.75, 3.05) is 36.9 Å². The third kappa shape index (κ3) is 6.88. The third-order valence-corrected chi connectivity index (χ3v) is 10.1. The lowest BCUT2D eigenvalue weighted by Crippen LogP contribution is -2.59. The van der Waals surface area contributed by atoms with Gasteiger partial charge in [-0.05, 0) is 37.1 Å². The van der Waals surface area contributed by atoms with Crippen LogP contribution in [0.4, 0.5) is 11.9 Å². The second-order valence-electron chi connectivity index (χ2n) is 14.3. The first-order chi connectivity index (χ1) is 27.9. The zero-order chi connectivity index (χ0) is 40.9. The molecule has 0 bridgehead atoms. The highest BCUT2D eigenvalue weighted by atomic mass is 16.5. The van der Waals surface area contributed by atoms with E-state index in [1.807, 2.05) is 26.0 Å². The molecule has 6 aromatic rings. The molecule has 1 saturated heterocycles. The number of aryl methyl sites for hydroxylation is 4. The largest absolute Gasteiger partial charge is 0.490 e. The Kier molecular flexibility index (Phi) is 9.67. The number of anilines is 2. The summed E-state index contributed by atoms with van der Waals surface area (Å²) in [5, 5.41) is 9.04. The Balaban J connectivity index is 1.26. The number of nitrogens with two attached hydrogens (primary N) is 2. The van der Waals surface area contributed by atoms with Gasteiger partial charge >= 0.3 is 0 Å². The van der Waals surface area contributed by atoms with Gasteiger partial charge in [-0.15, -0.1) is 0 Å². The molecular weight excluding hydrogens is 750 g/mol. The smallest absolute Gasteiger partial charge is 0.295 e. The molecule has 58 heavy (non-hydrogen) atoms. The summed E-state index contributed by atoms with van der Waals surface area (Å²) in [7, 11) is 0. The van der Waals surface area contributed by atoms with E-state index in [1.54, 1.807) is 47.2 Å². The first kappa shape index (κ1) is 37.9. The van der Waals surface area contributed by atoms with Crippen molar-refractivity contribution in [3.05, 3.63) is 82.2 Å². The van der Waals surface area contributed by atoms with E-state index >= 15 is 0 Å².